The van der Waals surface area contributed by atoms with Gasteiger partial charge in [0.15, 0.2) is 12.5 Å². The second-order valence-corrected chi connectivity index (χ2v) is 8.80. The molecule has 2 aromatic carbocycles. The summed E-state index contributed by atoms with van der Waals surface area (Å²) in [5, 5.41) is 2.85. The van der Waals surface area contributed by atoms with Crippen molar-refractivity contribution < 1.29 is 23.5 Å². The molecule has 4 heterocycles. The molecule has 0 fully saturated rings. The van der Waals surface area contributed by atoms with Crippen LogP contribution in [0.2, 0.25) is 0 Å². The first-order valence-electron chi connectivity index (χ1n) is 12.1. The van der Waals surface area contributed by atoms with Crippen LogP contribution >= 0.6 is 0 Å². The lowest BCUT2D eigenvalue weighted by Crippen LogP contribution is -2.40. The lowest BCUT2D eigenvalue weighted by Gasteiger charge is -2.37. The van der Waals surface area contributed by atoms with Crippen molar-refractivity contribution in [3.8, 4) is 11.5 Å². The molecular weight excluding hydrogens is 446 g/mol. The predicted molar refractivity (Wildman–Crippen MR) is 129 cm³/mol. The number of rotatable bonds is 2. The van der Waals surface area contributed by atoms with Crippen molar-refractivity contribution in [1.82, 2.24) is 15.2 Å². The van der Waals surface area contributed by atoms with Gasteiger partial charge in [0.25, 0.3) is 11.8 Å². The SMILES string of the molecule is CCc1nc(C)c(C(=O)N2CCc3cc4ccc3C2c2cccc(c2)OCCCNC(=O)CO4)o1. The molecule has 3 aliphatic rings. The molecule has 6 bridgehead atoms. The van der Waals surface area contributed by atoms with Gasteiger partial charge in [0.1, 0.15) is 11.5 Å². The van der Waals surface area contributed by atoms with Crippen LogP contribution in [0.1, 0.15) is 58.2 Å². The summed E-state index contributed by atoms with van der Waals surface area (Å²) >= 11 is 0. The molecule has 0 spiro atoms. The summed E-state index contributed by atoms with van der Waals surface area (Å²) in [6.07, 6.45) is 1.96. The van der Waals surface area contributed by atoms with Crippen LogP contribution in [-0.2, 0) is 17.6 Å². The Morgan fingerprint density at radius 1 is 1.17 bits per heavy atom. The molecule has 3 aliphatic heterocycles. The highest BCUT2D eigenvalue weighted by Gasteiger charge is 2.35. The minimum Gasteiger partial charge on any atom is -0.494 e. The van der Waals surface area contributed by atoms with E-state index in [0.717, 1.165) is 22.4 Å². The Morgan fingerprint density at radius 2 is 2.03 bits per heavy atom. The van der Waals surface area contributed by atoms with Gasteiger partial charge in [-0.1, -0.05) is 25.1 Å². The highest BCUT2D eigenvalue weighted by molar-refractivity contribution is 5.93. The topological polar surface area (TPSA) is 93.9 Å². The Bertz CT molecular complexity index is 1250. The zero-order valence-corrected chi connectivity index (χ0v) is 20.0. The summed E-state index contributed by atoms with van der Waals surface area (Å²) in [7, 11) is 0. The van der Waals surface area contributed by atoms with Gasteiger partial charge >= 0.3 is 0 Å². The van der Waals surface area contributed by atoms with Gasteiger partial charge in [0.05, 0.1) is 18.3 Å². The number of carbonyl (C=O) groups excluding carboxylic acids is 2. The third-order valence-corrected chi connectivity index (χ3v) is 6.40. The maximum atomic E-state index is 13.7. The van der Waals surface area contributed by atoms with Gasteiger partial charge in [0.2, 0.25) is 5.76 Å². The van der Waals surface area contributed by atoms with Crippen molar-refractivity contribution in [3.05, 3.63) is 76.5 Å². The van der Waals surface area contributed by atoms with Crippen molar-refractivity contribution in [2.24, 2.45) is 0 Å². The number of nitrogens with zero attached hydrogens (tertiary/aromatic N) is 2. The number of nitrogens with one attached hydrogen (secondary N) is 1. The number of aryl methyl sites for hydroxylation is 2. The zero-order valence-electron chi connectivity index (χ0n) is 20.0. The Morgan fingerprint density at radius 3 is 2.86 bits per heavy atom. The van der Waals surface area contributed by atoms with Gasteiger partial charge in [-0.05, 0) is 60.7 Å². The average Bonchev–Trinajstić information content (AvgIpc) is 3.26. The molecule has 3 aromatic rings. The third kappa shape index (κ3) is 4.73. The summed E-state index contributed by atoms with van der Waals surface area (Å²) in [6.45, 7) is 5.19. The monoisotopic (exact) mass is 475 g/mol. The first kappa shape index (κ1) is 23.0. The molecule has 6 rings (SSSR count). The van der Waals surface area contributed by atoms with Crippen molar-refractivity contribution in [2.75, 3.05) is 26.3 Å². The fraction of sp³-hybridized carbons (Fsp3) is 0.370. The predicted octanol–water partition coefficient (Wildman–Crippen LogP) is 3.61. The van der Waals surface area contributed by atoms with Crippen LogP contribution in [0.5, 0.6) is 11.5 Å². The minimum atomic E-state index is -0.324. The van der Waals surface area contributed by atoms with Gasteiger partial charge in [0, 0.05) is 19.5 Å². The number of aromatic nitrogens is 1. The van der Waals surface area contributed by atoms with Crippen LogP contribution < -0.4 is 14.8 Å². The molecule has 0 saturated heterocycles. The number of benzene rings is 2. The number of ether oxygens (including phenoxy) is 2. The molecule has 35 heavy (non-hydrogen) atoms. The number of fused-ring (bicyclic) bond motifs is 8. The van der Waals surface area contributed by atoms with Crippen LogP contribution in [0.4, 0.5) is 0 Å². The van der Waals surface area contributed by atoms with E-state index < -0.39 is 0 Å². The molecule has 1 aromatic heterocycles. The molecule has 1 atom stereocenters. The molecular formula is C27H29N3O5. The van der Waals surface area contributed by atoms with E-state index in [1.54, 1.807) is 6.92 Å². The molecule has 2 amide bonds. The first-order chi connectivity index (χ1) is 17.0. The summed E-state index contributed by atoms with van der Waals surface area (Å²) < 4.78 is 17.5. The second-order valence-electron chi connectivity index (χ2n) is 8.80. The lowest BCUT2D eigenvalue weighted by molar-refractivity contribution is -0.123. The number of oxazole rings is 1. The molecule has 8 heteroatoms. The maximum Gasteiger partial charge on any atom is 0.292 e. The second kappa shape index (κ2) is 9.82. The molecule has 182 valence electrons. The normalized spacial score (nSPS) is 17.9. The highest BCUT2D eigenvalue weighted by atomic mass is 16.5. The Balaban J connectivity index is 1.58. The van der Waals surface area contributed by atoms with E-state index in [2.05, 4.69) is 10.3 Å². The van der Waals surface area contributed by atoms with E-state index >= 15 is 0 Å². The van der Waals surface area contributed by atoms with Gasteiger partial charge < -0.3 is 24.1 Å². The van der Waals surface area contributed by atoms with E-state index in [9.17, 15) is 9.59 Å². The van der Waals surface area contributed by atoms with Crippen LogP contribution in [0.3, 0.4) is 0 Å². The van der Waals surface area contributed by atoms with Crippen LogP contribution in [0, 0.1) is 6.92 Å². The fourth-order valence-corrected chi connectivity index (χ4v) is 4.67. The molecule has 0 saturated carbocycles. The first-order valence-corrected chi connectivity index (χ1v) is 12.1. The molecule has 1 N–H and O–H groups in total. The van der Waals surface area contributed by atoms with Crippen molar-refractivity contribution in [3.63, 3.8) is 0 Å². The quantitative estimate of drug-likeness (QED) is 0.609. The van der Waals surface area contributed by atoms with E-state index in [-0.39, 0.29) is 30.2 Å². The summed E-state index contributed by atoms with van der Waals surface area (Å²) in [6, 6.07) is 13.3. The van der Waals surface area contributed by atoms with Crippen LogP contribution in [0.25, 0.3) is 0 Å². The number of carbonyl (C=O) groups is 2. The number of hydrogen-bond donors (Lipinski definition) is 1. The average molecular weight is 476 g/mol. The number of amides is 2. The van der Waals surface area contributed by atoms with Crippen LogP contribution in [0.15, 0.2) is 46.9 Å². The Labute approximate surface area is 204 Å². The smallest absolute Gasteiger partial charge is 0.292 e. The Hall–Kier alpha value is -3.81. The largest absolute Gasteiger partial charge is 0.494 e. The van der Waals surface area contributed by atoms with Gasteiger partial charge in [-0.25, -0.2) is 4.98 Å². The lowest BCUT2D eigenvalue weighted by atomic mass is 9.87. The van der Waals surface area contributed by atoms with Gasteiger partial charge in [-0.2, -0.15) is 0 Å². The number of hydrogen-bond acceptors (Lipinski definition) is 6. The zero-order chi connectivity index (χ0) is 24.4. The molecule has 1 unspecified atom stereocenters. The van der Waals surface area contributed by atoms with E-state index in [4.69, 9.17) is 13.9 Å². The van der Waals surface area contributed by atoms with Gasteiger partial charge in [-0.15, -0.1) is 0 Å². The molecule has 0 radical (unpaired) electrons. The molecule has 8 nitrogen and oxygen atoms in total. The van der Waals surface area contributed by atoms with Crippen molar-refractivity contribution in [2.45, 2.75) is 39.2 Å². The standard InChI is InChI=1S/C27H29N3O5/c1-3-24-29-17(2)26(35-24)27(32)30-12-10-18-14-21-8-9-22(18)25(30)19-6-4-7-20(15-19)33-13-5-11-28-23(31)16-34-21/h4,6-9,14-15,25H,3,5,10-13,16H2,1-2H3,(H,28,31). The minimum absolute atomic E-state index is 0.0444. The Kier molecular flexibility index (Phi) is 6.44. The van der Waals surface area contributed by atoms with Crippen molar-refractivity contribution >= 4 is 11.8 Å². The molecule has 0 aliphatic carbocycles. The third-order valence-electron chi connectivity index (χ3n) is 6.40. The fourth-order valence-electron chi connectivity index (χ4n) is 4.67. The van der Waals surface area contributed by atoms with Crippen LogP contribution in [-0.4, -0.2) is 48.0 Å². The summed E-state index contributed by atoms with van der Waals surface area (Å²) in [5.41, 5.74) is 3.65. The van der Waals surface area contributed by atoms with E-state index in [1.165, 1.54) is 0 Å². The van der Waals surface area contributed by atoms with Gasteiger partial charge in [-0.3, -0.25) is 9.59 Å². The summed E-state index contributed by atoms with van der Waals surface area (Å²) in [5.74, 6) is 1.87. The van der Waals surface area contributed by atoms with E-state index in [1.807, 2.05) is 54.3 Å². The van der Waals surface area contributed by atoms with Crippen molar-refractivity contribution in [1.29, 1.82) is 0 Å². The highest BCUT2D eigenvalue weighted by Crippen LogP contribution is 2.39. The summed E-state index contributed by atoms with van der Waals surface area (Å²) in [4.78, 5) is 32.1. The van der Waals surface area contributed by atoms with E-state index in [0.29, 0.717) is 56.3 Å². The maximum absolute atomic E-state index is 13.7.